The number of aliphatic hydroxyl groups excluding tert-OH is 1. The van der Waals surface area contributed by atoms with E-state index in [-0.39, 0.29) is 11.5 Å². The number of hydrogen-bond acceptors (Lipinski definition) is 2. The summed E-state index contributed by atoms with van der Waals surface area (Å²) in [6.45, 7) is 7.26. The highest BCUT2D eigenvalue weighted by Gasteiger charge is 2.58. The first kappa shape index (κ1) is 19.5. The zero-order valence-electron chi connectivity index (χ0n) is 17.4. The molecule has 0 bridgehead atoms. The summed E-state index contributed by atoms with van der Waals surface area (Å²) in [5.74, 6) is 3.35. The second-order valence-electron chi connectivity index (χ2n) is 10.8. The Labute approximate surface area is 164 Å². The number of hydrogen-bond donors (Lipinski definition) is 2. The minimum absolute atomic E-state index is 0.0802. The Bertz CT molecular complexity index is 613. The number of allylic oxidation sites excluding steroid dienone is 2. The van der Waals surface area contributed by atoms with E-state index in [4.69, 9.17) is 5.11 Å². The van der Waals surface area contributed by atoms with Gasteiger partial charge in [-0.15, -0.1) is 0 Å². The van der Waals surface area contributed by atoms with Crippen LogP contribution in [0.5, 0.6) is 0 Å². The van der Waals surface area contributed by atoms with Crippen molar-refractivity contribution >= 4 is 5.97 Å². The molecule has 0 spiro atoms. The number of aliphatic carboxylic acids is 1. The largest absolute Gasteiger partial charge is 0.481 e. The molecule has 9 atom stereocenters. The minimum Gasteiger partial charge on any atom is -0.481 e. The first-order valence-corrected chi connectivity index (χ1v) is 11.3. The summed E-state index contributed by atoms with van der Waals surface area (Å²) in [4.78, 5) is 11.0. The maximum absolute atomic E-state index is 11.0. The van der Waals surface area contributed by atoms with E-state index in [9.17, 15) is 9.90 Å². The van der Waals surface area contributed by atoms with Gasteiger partial charge in [0.15, 0.2) is 0 Å². The zero-order valence-corrected chi connectivity index (χ0v) is 17.4. The van der Waals surface area contributed by atoms with Crippen molar-refractivity contribution in [3.8, 4) is 0 Å². The number of aliphatic hydroxyl groups is 1. The van der Waals surface area contributed by atoms with Crippen molar-refractivity contribution in [1.29, 1.82) is 0 Å². The van der Waals surface area contributed by atoms with Gasteiger partial charge in [0.25, 0.3) is 0 Å². The molecule has 3 nitrogen and oxygen atoms in total. The Kier molecular flexibility index (Phi) is 4.98. The van der Waals surface area contributed by atoms with Gasteiger partial charge >= 0.3 is 5.97 Å². The van der Waals surface area contributed by atoms with Gasteiger partial charge in [-0.05, 0) is 97.7 Å². The highest BCUT2D eigenvalue weighted by Crippen LogP contribution is 2.66. The number of carbonyl (C=O) groups is 1. The number of carboxylic acid groups (broad SMARTS) is 1. The summed E-state index contributed by atoms with van der Waals surface area (Å²) in [6, 6.07) is 0. The normalized spacial score (nSPS) is 49.8. The summed E-state index contributed by atoms with van der Waals surface area (Å²) in [6.07, 6.45) is 14.5. The minimum atomic E-state index is -0.661. The molecule has 152 valence electrons. The fourth-order valence-corrected chi connectivity index (χ4v) is 8.10. The zero-order chi connectivity index (χ0) is 19.4. The van der Waals surface area contributed by atoms with Crippen LogP contribution in [0.2, 0.25) is 0 Å². The van der Waals surface area contributed by atoms with Gasteiger partial charge in [0.1, 0.15) is 0 Å². The van der Waals surface area contributed by atoms with E-state index in [0.29, 0.717) is 35.5 Å². The summed E-state index contributed by atoms with van der Waals surface area (Å²) >= 11 is 0. The van der Waals surface area contributed by atoms with Crippen LogP contribution in [-0.2, 0) is 4.79 Å². The lowest BCUT2D eigenvalue weighted by atomic mass is 9.46. The van der Waals surface area contributed by atoms with E-state index in [1.807, 2.05) is 0 Å². The lowest BCUT2D eigenvalue weighted by Gasteiger charge is -2.58. The third-order valence-corrected chi connectivity index (χ3v) is 9.64. The van der Waals surface area contributed by atoms with Gasteiger partial charge in [0.2, 0.25) is 0 Å². The van der Waals surface area contributed by atoms with Crippen LogP contribution in [0.1, 0.15) is 78.6 Å². The van der Waals surface area contributed by atoms with Gasteiger partial charge in [-0.25, -0.2) is 0 Å². The molecule has 0 aromatic carbocycles. The molecule has 0 aromatic rings. The van der Waals surface area contributed by atoms with Crippen molar-refractivity contribution in [3.05, 3.63) is 12.2 Å². The third-order valence-electron chi connectivity index (χ3n) is 9.64. The van der Waals surface area contributed by atoms with E-state index in [1.54, 1.807) is 0 Å². The van der Waals surface area contributed by atoms with Crippen molar-refractivity contribution in [1.82, 2.24) is 0 Å². The van der Waals surface area contributed by atoms with Crippen molar-refractivity contribution in [2.75, 3.05) is 0 Å². The Balaban J connectivity index is 1.56. The van der Waals surface area contributed by atoms with E-state index in [2.05, 4.69) is 32.9 Å². The summed E-state index contributed by atoms with van der Waals surface area (Å²) < 4.78 is 0. The van der Waals surface area contributed by atoms with Crippen molar-refractivity contribution in [3.63, 3.8) is 0 Å². The molecule has 0 radical (unpaired) electrons. The van der Waals surface area contributed by atoms with Crippen LogP contribution >= 0.6 is 0 Å². The second kappa shape index (κ2) is 6.90. The molecule has 0 heterocycles. The average molecular weight is 375 g/mol. The molecule has 0 amide bonds. The van der Waals surface area contributed by atoms with Gasteiger partial charge in [-0.2, -0.15) is 0 Å². The number of carboxylic acids is 1. The summed E-state index contributed by atoms with van der Waals surface area (Å²) in [5.41, 5.74) is 0.615. The van der Waals surface area contributed by atoms with Crippen LogP contribution in [0.3, 0.4) is 0 Å². The molecule has 4 rings (SSSR count). The second-order valence-corrected chi connectivity index (χ2v) is 10.8. The highest BCUT2D eigenvalue weighted by atomic mass is 16.4. The Morgan fingerprint density at radius 2 is 1.96 bits per heavy atom. The Hall–Kier alpha value is -0.830. The molecular formula is C24H38O3. The smallest absolute Gasteiger partial charge is 0.303 e. The Morgan fingerprint density at radius 3 is 2.70 bits per heavy atom. The topological polar surface area (TPSA) is 57.5 Å². The standard InChI is InChI=1S/C24H38O3/c1-15(4-9-22(26)27)19-7-8-20-18-6-5-16-14-17(25)10-12-23(16,2)21(18)11-13-24(19,20)3/h11,13,15-21,25H,4-10,12,14H2,1-3H3,(H,26,27)/t15-,16?,17-,18+,19-,20+,21+,23+,24-/m1/s1. The molecular weight excluding hydrogens is 336 g/mol. The van der Waals surface area contributed by atoms with Crippen LogP contribution in [-0.4, -0.2) is 22.3 Å². The molecule has 0 saturated heterocycles. The van der Waals surface area contributed by atoms with Crippen LogP contribution in [0, 0.1) is 46.3 Å². The fourth-order valence-electron chi connectivity index (χ4n) is 8.10. The molecule has 4 aliphatic rings. The average Bonchev–Trinajstić information content (AvgIpc) is 2.97. The molecule has 0 aliphatic heterocycles. The Morgan fingerprint density at radius 1 is 1.19 bits per heavy atom. The molecule has 4 aliphatic carbocycles. The predicted octanol–water partition coefficient (Wildman–Crippen LogP) is 5.28. The summed E-state index contributed by atoms with van der Waals surface area (Å²) in [7, 11) is 0. The van der Waals surface area contributed by atoms with Crippen LogP contribution in [0.4, 0.5) is 0 Å². The number of rotatable bonds is 4. The van der Waals surface area contributed by atoms with E-state index < -0.39 is 5.97 Å². The first-order chi connectivity index (χ1) is 12.8. The van der Waals surface area contributed by atoms with Crippen LogP contribution in [0.25, 0.3) is 0 Å². The lowest BCUT2D eigenvalue weighted by molar-refractivity contribution is -0.137. The van der Waals surface area contributed by atoms with Gasteiger partial charge in [0, 0.05) is 6.42 Å². The van der Waals surface area contributed by atoms with Crippen LogP contribution in [0.15, 0.2) is 12.2 Å². The molecule has 3 heteroatoms. The quantitative estimate of drug-likeness (QED) is 0.658. The third kappa shape index (κ3) is 3.09. The molecule has 3 fully saturated rings. The van der Waals surface area contributed by atoms with Crippen molar-refractivity contribution in [2.24, 2.45) is 46.3 Å². The van der Waals surface area contributed by atoms with Crippen molar-refractivity contribution < 1.29 is 15.0 Å². The number of fused-ring (bicyclic) bond motifs is 5. The van der Waals surface area contributed by atoms with Gasteiger partial charge in [0.05, 0.1) is 6.10 Å². The SMILES string of the molecule is C[C@H](CCC(=O)O)[C@H]1CC[C@H]2[C@@H]3CCC4C[C@H](O)CC[C@]4(C)[C@H]3C=C[C@]12C. The van der Waals surface area contributed by atoms with Gasteiger partial charge in [-0.1, -0.05) is 32.9 Å². The monoisotopic (exact) mass is 374 g/mol. The molecule has 1 unspecified atom stereocenters. The molecule has 2 N–H and O–H groups in total. The van der Waals surface area contributed by atoms with Gasteiger partial charge < -0.3 is 10.2 Å². The maximum atomic E-state index is 11.0. The van der Waals surface area contributed by atoms with E-state index >= 15 is 0 Å². The molecule has 27 heavy (non-hydrogen) atoms. The highest BCUT2D eigenvalue weighted by molar-refractivity contribution is 5.66. The maximum Gasteiger partial charge on any atom is 0.303 e. The summed E-state index contributed by atoms with van der Waals surface area (Å²) in [5, 5.41) is 19.3. The lowest BCUT2D eigenvalue weighted by Crippen LogP contribution is -2.52. The first-order valence-electron chi connectivity index (χ1n) is 11.3. The predicted molar refractivity (Wildman–Crippen MR) is 107 cm³/mol. The van der Waals surface area contributed by atoms with E-state index in [1.165, 1.54) is 32.1 Å². The van der Waals surface area contributed by atoms with Crippen molar-refractivity contribution in [2.45, 2.75) is 84.7 Å². The van der Waals surface area contributed by atoms with Gasteiger partial charge in [-0.3, -0.25) is 4.79 Å². The van der Waals surface area contributed by atoms with E-state index in [0.717, 1.165) is 31.1 Å². The molecule has 3 saturated carbocycles. The fraction of sp³-hybridized carbons (Fsp3) is 0.875. The molecule has 0 aromatic heterocycles. The van der Waals surface area contributed by atoms with Crippen LogP contribution < -0.4 is 0 Å².